The van der Waals surface area contributed by atoms with Gasteiger partial charge in [0.2, 0.25) is 0 Å². The third-order valence-corrected chi connectivity index (χ3v) is 3.03. The fourth-order valence-corrected chi connectivity index (χ4v) is 1.94. The van der Waals surface area contributed by atoms with Gasteiger partial charge in [-0.1, -0.05) is 12.1 Å². The Bertz CT molecular complexity index is 460. The molecule has 90 valence electrons. The number of aryl methyl sites for hydroxylation is 1. The zero-order chi connectivity index (χ0) is 12.4. The summed E-state index contributed by atoms with van der Waals surface area (Å²) >= 11 is 0. The fourth-order valence-electron chi connectivity index (χ4n) is 1.94. The molecule has 3 nitrogen and oxygen atoms in total. The molecule has 1 aromatic rings. The molecule has 0 atom stereocenters. The van der Waals surface area contributed by atoms with Crippen molar-refractivity contribution >= 4 is 11.7 Å². The number of piperidine rings is 1. The maximum absolute atomic E-state index is 13.8. The van der Waals surface area contributed by atoms with Crippen LogP contribution in [0.5, 0.6) is 0 Å². The molecule has 2 rings (SSSR count). The van der Waals surface area contributed by atoms with Crippen LogP contribution in [0.25, 0.3) is 0 Å². The van der Waals surface area contributed by atoms with E-state index in [1.165, 1.54) is 6.07 Å². The second-order valence-electron chi connectivity index (χ2n) is 4.27. The molecule has 1 fully saturated rings. The molecule has 1 aliphatic rings. The van der Waals surface area contributed by atoms with Gasteiger partial charge in [-0.05, 0) is 18.6 Å². The molecule has 1 aromatic carbocycles. The first kappa shape index (κ1) is 11.8. The highest BCUT2D eigenvalue weighted by atomic mass is 19.1. The van der Waals surface area contributed by atoms with E-state index < -0.39 is 5.82 Å². The predicted molar refractivity (Wildman–Crippen MR) is 61.3 cm³/mol. The van der Waals surface area contributed by atoms with Crippen molar-refractivity contribution in [3.05, 3.63) is 35.1 Å². The highest BCUT2D eigenvalue weighted by Gasteiger charge is 2.24. The molecule has 0 bridgehead atoms. The number of amides is 1. The Morgan fingerprint density at radius 3 is 2.59 bits per heavy atom. The molecule has 17 heavy (non-hydrogen) atoms. The molecule has 1 saturated heterocycles. The van der Waals surface area contributed by atoms with Crippen molar-refractivity contribution in [2.45, 2.75) is 19.8 Å². The second kappa shape index (κ2) is 4.65. The van der Waals surface area contributed by atoms with E-state index in [1.54, 1.807) is 24.0 Å². The van der Waals surface area contributed by atoms with Crippen molar-refractivity contribution in [1.82, 2.24) is 4.90 Å². The number of rotatable bonds is 1. The monoisotopic (exact) mass is 235 g/mol. The smallest absolute Gasteiger partial charge is 0.256 e. The minimum Gasteiger partial charge on any atom is -0.338 e. The molecule has 0 N–H and O–H groups in total. The van der Waals surface area contributed by atoms with Gasteiger partial charge in [-0.15, -0.1) is 0 Å². The largest absolute Gasteiger partial charge is 0.338 e. The molecule has 0 radical (unpaired) electrons. The Labute approximate surface area is 99.2 Å². The average molecular weight is 235 g/mol. The van der Waals surface area contributed by atoms with Crippen LogP contribution in [0.4, 0.5) is 4.39 Å². The van der Waals surface area contributed by atoms with Crippen LogP contribution in [0.3, 0.4) is 0 Å². The molecular formula is C13H14FNO2. The van der Waals surface area contributed by atoms with Gasteiger partial charge in [0.15, 0.2) is 0 Å². The van der Waals surface area contributed by atoms with Crippen LogP contribution in [0.15, 0.2) is 18.2 Å². The Kier molecular flexibility index (Phi) is 3.22. The minimum absolute atomic E-state index is 0.0966. The topological polar surface area (TPSA) is 37.4 Å². The number of ketones is 1. The summed E-state index contributed by atoms with van der Waals surface area (Å²) in [6.45, 7) is 2.42. The van der Waals surface area contributed by atoms with Crippen LogP contribution in [0.2, 0.25) is 0 Å². The summed E-state index contributed by atoms with van der Waals surface area (Å²) in [7, 11) is 0. The molecule has 4 heteroatoms. The van der Waals surface area contributed by atoms with Crippen LogP contribution < -0.4 is 0 Å². The number of likely N-dealkylation sites (tertiary alicyclic amines) is 1. The van der Waals surface area contributed by atoms with Crippen molar-refractivity contribution in [2.75, 3.05) is 13.1 Å². The fraction of sp³-hybridized carbons (Fsp3) is 0.385. The number of hydrogen-bond acceptors (Lipinski definition) is 2. The van der Waals surface area contributed by atoms with Gasteiger partial charge in [0.05, 0.1) is 5.56 Å². The van der Waals surface area contributed by atoms with Crippen LogP contribution in [0, 0.1) is 12.7 Å². The maximum Gasteiger partial charge on any atom is 0.256 e. The third-order valence-electron chi connectivity index (χ3n) is 3.03. The first-order valence-corrected chi connectivity index (χ1v) is 5.65. The number of carbonyl (C=O) groups is 2. The van der Waals surface area contributed by atoms with Crippen molar-refractivity contribution < 1.29 is 14.0 Å². The van der Waals surface area contributed by atoms with E-state index in [0.29, 0.717) is 31.5 Å². The van der Waals surface area contributed by atoms with Crippen molar-refractivity contribution in [2.24, 2.45) is 0 Å². The van der Waals surface area contributed by atoms with Gasteiger partial charge in [0.25, 0.3) is 5.91 Å². The summed E-state index contributed by atoms with van der Waals surface area (Å²) in [5.41, 5.74) is 0.559. The lowest BCUT2D eigenvalue weighted by Crippen LogP contribution is -2.39. The summed E-state index contributed by atoms with van der Waals surface area (Å²) in [6.07, 6.45) is 0.748. The van der Waals surface area contributed by atoms with Gasteiger partial charge in [-0.2, -0.15) is 0 Å². The number of hydrogen-bond donors (Lipinski definition) is 0. The average Bonchev–Trinajstić information content (AvgIpc) is 2.33. The van der Waals surface area contributed by atoms with Crippen LogP contribution >= 0.6 is 0 Å². The van der Waals surface area contributed by atoms with E-state index >= 15 is 0 Å². The summed E-state index contributed by atoms with van der Waals surface area (Å²) in [4.78, 5) is 24.7. The third kappa shape index (κ3) is 2.35. The zero-order valence-corrected chi connectivity index (χ0v) is 9.70. The highest BCUT2D eigenvalue weighted by molar-refractivity contribution is 5.95. The lowest BCUT2D eigenvalue weighted by Gasteiger charge is -2.26. The molecule has 0 saturated carbocycles. The van der Waals surface area contributed by atoms with E-state index in [0.717, 1.165) is 0 Å². The van der Waals surface area contributed by atoms with Gasteiger partial charge < -0.3 is 4.90 Å². The lowest BCUT2D eigenvalue weighted by molar-refractivity contribution is -0.120. The Balaban J connectivity index is 2.20. The summed E-state index contributed by atoms with van der Waals surface area (Å²) in [5.74, 6) is -0.619. The van der Waals surface area contributed by atoms with Crippen molar-refractivity contribution in [3.8, 4) is 0 Å². The van der Waals surface area contributed by atoms with Gasteiger partial charge >= 0.3 is 0 Å². The summed E-state index contributed by atoms with van der Waals surface area (Å²) in [5, 5.41) is 0. The van der Waals surface area contributed by atoms with Crippen molar-refractivity contribution in [1.29, 1.82) is 0 Å². The summed E-state index contributed by atoms with van der Waals surface area (Å²) < 4.78 is 13.8. The number of carbonyl (C=O) groups excluding carboxylic acids is 2. The maximum atomic E-state index is 13.8. The van der Waals surface area contributed by atoms with Crippen molar-refractivity contribution in [3.63, 3.8) is 0 Å². The molecule has 1 amide bonds. The quantitative estimate of drug-likeness (QED) is 0.746. The predicted octanol–water partition coefficient (Wildman–Crippen LogP) is 1.94. The molecule has 0 aliphatic carbocycles. The number of benzene rings is 1. The van der Waals surface area contributed by atoms with Crippen LogP contribution in [-0.4, -0.2) is 29.7 Å². The van der Waals surface area contributed by atoms with E-state index in [9.17, 15) is 14.0 Å². The highest BCUT2D eigenvalue weighted by Crippen LogP contribution is 2.16. The number of nitrogens with zero attached hydrogens (tertiary/aromatic N) is 1. The zero-order valence-electron chi connectivity index (χ0n) is 9.70. The lowest BCUT2D eigenvalue weighted by atomic mass is 10.1. The van der Waals surface area contributed by atoms with Crippen LogP contribution in [-0.2, 0) is 4.79 Å². The second-order valence-corrected chi connectivity index (χ2v) is 4.27. The Hall–Kier alpha value is -1.71. The number of Topliss-reactive ketones (excluding diaryl/α,β-unsaturated/α-hetero) is 1. The van der Waals surface area contributed by atoms with Crippen LogP contribution in [0.1, 0.15) is 28.8 Å². The minimum atomic E-state index is -0.464. The van der Waals surface area contributed by atoms with E-state index in [-0.39, 0.29) is 17.3 Å². The Morgan fingerprint density at radius 1 is 1.29 bits per heavy atom. The first-order chi connectivity index (χ1) is 8.09. The number of halogens is 1. The molecular weight excluding hydrogens is 221 g/mol. The molecule has 0 unspecified atom stereocenters. The first-order valence-electron chi connectivity index (χ1n) is 5.65. The molecule has 1 aliphatic heterocycles. The Morgan fingerprint density at radius 2 is 1.94 bits per heavy atom. The molecule has 1 heterocycles. The molecule has 0 aromatic heterocycles. The van der Waals surface area contributed by atoms with Gasteiger partial charge in [-0.3, -0.25) is 9.59 Å². The van der Waals surface area contributed by atoms with E-state index in [2.05, 4.69) is 0 Å². The molecule has 0 spiro atoms. The van der Waals surface area contributed by atoms with E-state index in [4.69, 9.17) is 0 Å². The SMILES string of the molecule is Cc1cccc(C(=O)N2CCC(=O)CC2)c1F. The van der Waals surface area contributed by atoms with Gasteiger partial charge in [0.1, 0.15) is 11.6 Å². The standard InChI is InChI=1S/C13H14FNO2/c1-9-3-2-4-11(12(9)14)13(17)15-7-5-10(16)6-8-15/h2-4H,5-8H2,1H3. The van der Waals surface area contributed by atoms with E-state index in [1.807, 2.05) is 0 Å². The van der Waals surface area contributed by atoms with Gasteiger partial charge in [-0.25, -0.2) is 4.39 Å². The normalized spacial score (nSPS) is 16.1. The summed E-state index contributed by atoms with van der Waals surface area (Å²) in [6, 6.07) is 4.79. The van der Waals surface area contributed by atoms with Gasteiger partial charge in [0, 0.05) is 25.9 Å².